The van der Waals surface area contributed by atoms with Crippen LogP contribution in [-0.2, 0) is 0 Å². The lowest BCUT2D eigenvalue weighted by molar-refractivity contribution is 0.530. The molecule has 94 valence electrons. The summed E-state index contributed by atoms with van der Waals surface area (Å²) in [6, 6.07) is 2.30. The van der Waals surface area contributed by atoms with Gasteiger partial charge in [0.15, 0.2) is 0 Å². The summed E-state index contributed by atoms with van der Waals surface area (Å²) in [5.41, 5.74) is 3.03. The fourth-order valence-electron chi connectivity index (χ4n) is 1.69. The molecule has 0 spiro atoms. The summed E-state index contributed by atoms with van der Waals surface area (Å²) in [4.78, 5) is 4.36. The summed E-state index contributed by atoms with van der Waals surface area (Å²) in [5.74, 6) is 0.381. The average Bonchev–Trinajstić information content (AvgIpc) is 2.74. The number of fused-ring (bicyclic) bond motifs is 1. The molecule has 2 aromatic heterocycles. The van der Waals surface area contributed by atoms with Crippen LogP contribution in [0.3, 0.4) is 0 Å². The van der Waals surface area contributed by atoms with Gasteiger partial charge in [0.05, 0.1) is 11.2 Å². The normalized spacial score (nSPS) is 10.8. The third-order valence-electron chi connectivity index (χ3n) is 2.46. The zero-order valence-electron chi connectivity index (χ0n) is 11.6. The van der Waals surface area contributed by atoms with Gasteiger partial charge in [-0.25, -0.2) is 4.68 Å². The summed E-state index contributed by atoms with van der Waals surface area (Å²) in [5, 5.41) is 8.38. The predicted octanol–water partition coefficient (Wildman–Crippen LogP) is 3.56. The Bertz CT molecular complexity index is 471. The van der Waals surface area contributed by atoms with Gasteiger partial charge in [-0.1, -0.05) is 32.9 Å². The first-order chi connectivity index (χ1) is 8.11. The lowest BCUT2D eigenvalue weighted by Crippen LogP contribution is -2.02. The highest BCUT2D eigenvalue weighted by Crippen LogP contribution is 2.22. The highest BCUT2D eigenvalue weighted by molar-refractivity contribution is 5.76. The molecule has 2 heterocycles. The van der Waals surface area contributed by atoms with E-state index < -0.39 is 0 Å². The van der Waals surface area contributed by atoms with Crippen LogP contribution in [0.4, 0.5) is 0 Å². The van der Waals surface area contributed by atoms with Gasteiger partial charge in [0.25, 0.3) is 0 Å². The fraction of sp³-hybridized carbons (Fsp3) is 0.615. The minimum atomic E-state index is 0.331. The monoisotopic (exact) mass is 234 g/mol. The molecule has 0 saturated carbocycles. The summed E-state index contributed by atoms with van der Waals surface area (Å²) < 4.78 is 1.93. The molecule has 0 radical (unpaired) electrons. The van der Waals surface area contributed by atoms with E-state index in [1.807, 2.05) is 30.8 Å². The zero-order valence-corrected chi connectivity index (χ0v) is 11.6. The molecule has 4 nitrogen and oxygen atoms in total. The van der Waals surface area contributed by atoms with E-state index in [0.717, 1.165) is 16.7 Å². The van der Waals surface area contributed by atoms with Gasteiger partial charge in [0.1, 0.15) is 5.52 Å². The van der Waals surface area contributed by atoms with Gasteiger partial charge in [-0.2, -0.15) is 0 Å². The highest BCUT2D eigenvalue weighted by Gasteiger charge is 2.13. The van der Waals surface area contributed by atoms with Crippen LogP contribution in [0.2, 0.25) is 0 Å². The maximum atomic E-state index is 4.36. The van der Waals surface area contributed by atoms with Crippen molar-refractivity contribution in [2.24, 2.45) is 0 Å². The van der Waals surface area contributed by atoms with Crippen LogP contribution < -0.4 is 0 Å². The van der Waals surface area contributed by atoms with Crippen LogP contribution in [0, 0.1) is 0 Å². The number of aromatic nitrogens is 4. The van der Waals surface area contributed by atoms with Gasteiger partial charge in [-0.3, -0.25) is 4.98 Å². The summed E-state index contributed by atoms with van der Waals surface area (Å²) in [6.07, 6.45) is 1.83. The Morgan fingerprint density at radius 3 is 2.29 bits per heavy atom. The molecule has 2 rings (SSSR count). The van der Waals surface area contributed by atoms with Gasteiger partial charge in [0.2, 0.25) is 0 Å². The first kappa shape index (κ1) is 13.6. The second-order valence-corrected chi connectivity index (χ2v) is 4.35. The Morgan fingerprint density at radius 1 is 1.12 bits per heavy atom. The smallest absolute Gasteiger partial charge is 0.134 e. The van der Waals surface area contributed by atoms with E-state index in [4.69, 9.17) is 0 Å². The molecular weight excluding hydrogens is 212 g/mol. The molecule has 0 saturated heterocycles. The van der Waals surface area contributed by atoms with Gasteiger partial charge in [-0.15, -0.1) is 5.10 Å². The Hall–Kier alpha value is -1.45. The van der Waals surface area contributed by atoms with Gasteiger partial charge < -0.3 is 0 Å². The quantitative estimate of drug-likeness (QED) is 0.798. The second-order valence-electron chi connectivity index (χ2n) is 4.35. The molecule has 0 aromatic carbocycles. The van der Waals surface area contributed by atoms with Crippen molar-refractivity contribution in [3.63, 3.8) is 0 Å². The van der Waals surface area contributed by atoms with Gasteiger partial charge in [0, 0.05) is 12.2 Å². The molecule has 0 unspecified atom stereocenters. The third kappa shape index (κ3) is 2.62. The van der Waals surface area contributed by atoms with Crippen LogP contribution in [0.5, 0.6) is 0 Å². The molecule has 0 aliphatic carbocycles. The largest absolute Gasteiger partial charge is 0.259 e. The van der Waals surface area contributed by atoms with E-state index in [9.17, 15) is 0 Å². The molecular formula is C13H22N4. The van der Waals surface area contributed by atoms with E-state index in [1.165, 1.54) is 0 Å². The van der Waals surface area contributed by atoms with Crippen molar-refractivity contribution in [2.75, 3.05) is 0 Å². The first-order valence-corrected chi connectivity index (χ1v) is 6.31. The van der Waals surface area contributed by atoms with Crippen LogP contribution in [-0.4, -0.2) is 20.0 Å². The Labute approximate surface area is 103 Å². The van der Waals surface area contributed by atoms with Crippen molar-refractivity contribution in [1.82, 2.24) is 20.0 Å². The van der Waals surface area contributed by atoms with E-state index in [0.29, 0.717) is 12.0 Å². The maximum absolute atomic E-state index is 4.36. The molecule has 0 fully saturated rings. The Kier molecular flexibility index (Phi) is 4.61. The molecule has 0 aliphatic heterocycles. The first-order valence-electron chi connectivity index (χ1n) is 6.31. The Morgan fingerprint density at radius 2 is 1.76 bits per heavy atom. The topological polar surface area (TPSA) is 43.6 Å². The van der Waals surface area contributed by atoms with Crippen LogP contribution in [0.25, 0.3) is 11.0 Å². The van der Waals surface area contributed by atoms with Crippen molar-refractivity contribution in [3.05, 3.63) is 18.0 Å². The van der Waals surface area contributed by atoms with E-state index in [2.05, 4.69) is 43.0 Å². The molecule has 0 atom stereocenters. The minimum Gasteiger partial charge on any atom is -0.259 e. The standard InChI is InChI=1S/C11H16N4.C2H6/c1-7(2)10-11-9(5-6-12-10)15(8(3)4)14-13-11;1-2/h5-8H,1-4H3;1-2H3. The molecule has 0 amide bonds. The number of nitrogens with zero attached hydrogens (tertiary/aromatic N) is 4. The van der Waals surface area contributed by atoms with Crippen LogP contribution in [0.1, 0.15) is 59.2 Å². The highest BCUT2D eigenvalue weighted by atomic mass is 15.4. The van der Waals surface area contributed by atoms with Crippen molar-refractivity contribution < 1.29 is 0 Å². The SMILES string of the molecule is CC.CC(C)c1nccc2c1nnn2C(C)C. The van der Waals surface area contributed by atoms with Crippen LogP contribution >= 0.6 is 0 Å². The van der Waals surface area contributed by atoms with Crippen molar-refractivity contribution in [1.29, 1.82) is 0 Å². The maximum Gasteiger partial charge on any atom is 0.134 e. The summed E-state index contributed by atoms with van der Waals surface area (Å²) in [6.45, 7) is 12.4. The average molecular weight is 234 g/mol. The third-order valence-corrected chi connectivity index (χ3v) is 2.46. The van der Waals surface area contributed by atoms with E-state index in [1.54, 1.807) is 0 Å². The van der Waals surface area contributed by atoms with E-state index in [-0.39, 0.29) is 0 Å². The van der Waals surface area contributed by atoms with Crippen molar-refractivity contribution >= 4 is 11.0 Å². The Balaban J connectivity index is 0.000000686. The molecule has 2 aromatic rings. The molecule has 0 aliphatic rings. The molecule has 0 N–H and O–H groups in total. The molecule has 17 heavy (non-hydrogen) atoms. The van der Waals surface area contributed by atoms with Gasteiger partial charge in [-0.05, 0) is 25.8 Å². The molecule has 4 heteroatoms. The zero-order chi connectivity index (χ0) is 13.0. The number of hydrogen-bond donors (Lipinski definition) is 0. The van der Waals surface area contributed by atoms with Crippen molar-refractivity contribution in [2.45, 2.75) is 53.5 Å². The second kappa shape index (κ2) is 5.75. The summed E-state index contributed by atoms with van der Waals surface area (Å²) in [7, 11) is 0. The van der Waals surface area contributed by atoms with Crippen LogP contribution in [0.15, 0.2) is 12.3 Å². The molecule has 0 bridgehead atoms. The number of hydrogen-bond acceptors (Lipinski definition) is 3. The lowest BCUT2D eigenvalue weighted by atomic mass is 10.1. The minimum absolute atomic E-state index is 0.331. The number of rotatable bonds is 2. The van der Waals surface area contributed by atoms with E-state index >= 15 is 0 Å². The lowest BCUT2D eigenvalue weighted by Gasteiger charge is -2.07. The predicted molar refractivity (Wildman–Crippen MR) is 71.1 cm³/mol. The van der Waals surface area contributed by atoms with Crippen molar-refractivity contribution in [3.8, 4) is 0 Å². The summed E-state index contributed by atoms with van der Waals surface area (Å²) >= 11 is 0. The number of pyridine rings is 1. The van der Waals surface area contributed by atoms with Gasteiger partial charge >= 0.3 is 0 Å². The fourth-order valence-corrected chi connectivity index (χ4v) is 1.69.